The van der Waals surface area contributed by atoms with Crippen LogP contribution in [0.25, 0.3) is 10.9 Å². The van der Waals surface area contributed by atoms with Crippen LogP contribution in [-0.4, -0.2) is 32.5 Å². The second-order valence-corrected chi connectivity index (χ2v) is 9.18. The molecule has 0 spiro atoms. The van der Waals surface area contributed by atoms with E-state index in [0.29, 0.717) is 46.1 Å². The number of nitrogens with one attached hydrogen (secondary N) is 1. The summed E-state index contributed by atoms with van der Waals surface area (Å²) in [4.78, 5) is 26.1. The highest BCUT2D eigenvalue weighted by atomic mass is 35.5. The van der Waals surface area contributed by atoms with Crippen molar-refractivity contribution in [3.63, 3.8) is 0 Å². The first-order chi connectivity index (χ1) is 13.8. The van der Waals surface area contributed by atoms with Crippen molar-refractivity contribution in [2.24, 2.45) is 0 Å². The van der Waals surface area contributed by atoms with Gasteiger partial charge in [0.15, 0.2) is 15.9 Å². The Balaban J connectivity index is 1.70. The Kier molecular flexibility index (Phi) is 4.14. The molecular weight excluding hydrogens is 411 g/mol. The van der Waals surface area contributed by atoms with Gasteiger partial charge in [0.25, 0.3) is 0 Å². The van der Waals surface area contributed by atoms with Crippen molar-refractivity contribution in [3.05, 3.63) is 64.3 Å². The molecular formula is C22H18Cl2N2O3. The molecule has 148 valence electrons. The number of hydrogen-bond donors (Lipinski definition) is 2. The van der Waals surface area contributed by atoms with Crippen molar-refractivity contribution >= 4 is 45.7 Å². The molecule has 1 heterocycles. The molecule has 1 aromatic heterocycles. The SMILES string of the molecule is O=C1c2ccccc2C(=O)c2c1ccc1c(C(Cl)(Cl)C3(O)CCCCC3)[nH]nc21. The van der Waals surface area contributed by atoms with E-state index in [9.17, 15) is 14.7 Å². The second-order valence-electron chi connectivity index (χ2n) is 7.85. The molecule has 29 heavy (non-hydrogen) atoms. The summed E-state index contributed by atoms with van der Waals surface area (Å²) in [5.74, 6) is -0.472. The van der Waals surface area contributed by atoms with Gasteiger partial charge in [-0.15, -0.1) is 0 Å². The number of ketones is 2. The zero-order valence-electron chi connectivity index (χ0n) is 15.5. The van der Waals surface area contributed by atoms with Crippen LogP contribution in [0, 0.1) is 0 Å². The van der Waals surface area contributed by atoms with Gasteiger partial charge in [0.2, 0.25) is 0 Å². The third kappa shape index (κ3) is 2.54. The number of aromatic nitrogens is 2. The van der Waals surface area contributed by atoms with Crippen LogP contribution in [0.2, 0.25) is 0 Å². The zero-order chi connectivity index (χ0) is 20.4. The van der Waals surface area contributed by atoms with Crippen molar-refractivity contribution in [1.29, 1.82) is 0 Å². The Morgan fingerprint density at radius 3 is 2.28 bits per heavy atom. The Morgan fingerprint density at radius 2 is 1.59 bits per heavy atom. The van der Waals surface area contributed by atoms with E-state index in [1.54, 1.807) is 36.4 Å². The number of alkyl halides is 2. The third-order valence-corrected chi connectivity index (χ3v) is 7.28. The van der Waals surface area contributed by atoms with Gasteiger partial charge in [-0.2, -0.15) is 5.10 Å². The van der Waals surface area contributed by atoms with Crippen LogP contribution in [0.4, 0.5) is 0 Å². The van der Waals surface area contributed by atoms with Crippen molar-refractivity contribution in [1.82, 2.24) is 10.2 Å². The summed E-state index contributed by atoms with van der Waals surface area (Å²) < 4.78 is -1.62. The van der Waals surface area contributed by atoms with Gasteiger partial charge >= 0.3 is 0 Å². The summed E-state index contributed by atoms with van der Waals surface area (Å²) in [6.45, 7) is 0. The van der Waals surface area contributed by atoms with Crippen LogP contribution in [0.1, 0.15) is 69.6 Å². The number of aromatic amines is 1. The molecule has 0 amide bonds. The quantitative estimate of drug-likeness (QED) is 0.454. The molecule has 5 nitrogen and oxygen atoms in total. The van der Waals surface area contributed by atoms with Crippen LogP contribution >= 0.6 is 23.2 Å². The highest BCUT2D eigenvalue weighted by Gasteiger charge is 2.51. The number of H-pyrrole nitrogens is 1. The van der Waals surface area contributed by atoms with E-state index in [1.807, 2.05) is 0 Å². The first-order valence-corrected chi connectivity index (χ1v) is 10.4. The molecule has 3 aromatic rings. The fraction of sp³-hybridized carbons (Fsp3) is 0.318. The van der Waals surface area contributed by atoms with E-state index < -0.39 is 9.93 Å². The smallest absolute Gasteiger partial charge is 0.196 e. The van der Waals surface area contributed by atoms with E-state index in [0.717, 1.165) is 19.3 Å². The summed E-state index contributed by atoms with van der Waals surface area (Å²) in [6.07, 6.45) is 3.66. The van der Waals surface area contributed by atoms with E-state index >= 15 is 0 Å². The number of halogens is 2. The fourth-order valence-electron chi connectivity index (χ4n) is 4.58. The lowest BCUT2D eigenvalue weighted by Crippen LogP contribution is -2.46. The molecule has 2 aliphatic rings. The molecule has 7 heteroatoms. The topological polar surface area (TPSA) is 83.0 Å². The van der Waals surface area contributed by atoms with E-state index in [1.165, 1.54) is 0 Å². The first-order valence-electron chi connectivity index (χ1n) is 9.65. The normalized spacial score (nSPS) is 18.6. The number of nitrogens with zero attached hydrogens (tertiary/aromatic N) is 1. The van der Waals surface area contributed by atoms with Gasteiger partial charge < -0.3 is 5.11 Å². The summed E-state index contributed by atoms with van der Waals surface area (Å²) in [6, 6.07) is 10.1. The van der Waals surface area contributed by atoms with E-state index in [2.05, 4.69) is 10.2 Å². The van der Waals surface area contributed by atoms with Gasteiger partial charge in [-0.05, 0) is 18.9 Å². The maximum atomic E-state index is 13.2. The number of hydrogen-bond acceptors (Lipinski definition) is 4. The Bertz CT molecular complexity index is 1180. The highest BCUT2D eigenvalue weighted by Crippen LogP contribution is 2.51. The summed E-state index contributed by atoms with van der Waals surface area (Å²) in [5.41, 5.74) is 0.698. The van der Waals surface area contributed by atoms with Crippen molar-refractivity contribution in [2.45, 2.75) is 42.0 Å². The Hall–Kier alpha value is -2.21. The lowest BCUT2D eigenvalue weighted by Gasteiger charge is -2.41. The Labute approximate surface area is 177 Å². The van der Waals surface area contributed by atoms with Crippen LogP contribution in [-0.2, 0) is 4.33 Å². The molecule has 2 aliphatic carbocycles. The Morgan fingerprint density at radius 1 is 0.931 bits per heavy atom. The summed E-state index contributed by atoms with van der Waals surface area (Å²) in [7, 11) is 0. The lowest BCUT2D eigenvalue weighted by atomic mass is 9.79. The highest BCUT2D eigenvalue weighted by molar-refractivity contribution is 6.49. The number of benzene rings is 2. The predicted molar refractivity (Wildman–Crippen MR) is 111 cm³/mol. The average molecular weight is 429 g/mol. The van der Waals surface area contributed by atoms with E-state index in [4.69, 9.17) is 23.2 Å². The van der Waals surface area contributed by atoms with Crippen LogP contribution in [0.15, 0.2) is 36.4 Å². The zero-order valence-corrected chi connectivity index (χ0v) is 17.0. The molecule has 0 bridgehead atoms. The van der Waals surface area contributed by atoms with Gasteiger partial charge in [0, 0.05) is 22.1 Å². The molecule has 0 atom stereocenters. The average Bonchev–Trinajstić information content (AvgIpc) is 3.17. The summed E-state index contributed by atoms with van der Waals surface area (Å²) >= 11 is 13.4. The lowest BCUT2D eigenvalue weighted by molar-refractivity contribution is -0.0136. The molecule has 5 rings (SSSR count). The minimum Gasteiger partial charge on any atom is -0.386 e. The minimum atomic E-state index is -1.62. The first kappa shape index (κ1) is 18.8. The van der Waals surface area contributed by atoms with Gasteiger partial charge in [-0.3, -0.25) is 14.7 Å². The standard InChI is InChI=1S/C22H18Cl2N2O3/c23-22(24,21(29)10-4-1-5-11-21)20-15-9-8-14-16(17(15)25-26-20)19(28)13-7-3-2-6-12(13)18(14)27/h2-3,6-9,29H,1,4-5,10-11H2,(H,25,26). The van der Waals surface area contributed by atoms with Gasteiger partial charge in [0.1, 0.15) is 11.1 Å². The maximum Gasteiger partial charge on any atom is 0.196 e. The molecule has 0 saturated heterocycles. The molecule has 0 aliphatic heterocycles. The molecule has 0 unspecified atom stereocenters. The molecule has 2 N–H and O–H groups in total. The van der Waals surface area contributed by atoms with Crippen molar-refractivity contribution in [2.75, 3.05) is 0 Å². The monoisotopic (exact) mass is 428 g/mol. The predicted octanol–water partition coefficient (Wildman–Crippen LogP) is 4.66. The van der Waals surface area contributed by atoms with Crippen LogP contribution in [0.3, 0.4) is 0 Å². The second kappa shape index (κ2) is 6.39. The molecule has 0 radical (unpaired) electrons. The van der Waals surface area contributed by atoms with Crippen molar-refractivity contribution in [3.8, 4) is 0 Å². The van der Waals surface area contributed by atoms with Crippen LogP contribution < -0.4 is 0 Å². The maximum absolute atomic E-state index is 13.2. The van der Waals surface area contributed by atoms with E-state index in [-0.39, 0.29) is 17.1 Å². The largest absolute Gasteiger partial charge is 0.386 e. The number of rotatable bonds is 2. The third-order valence-electron chi connectivity index (χ3n) is 6.19. The minimum absolute atomic E-state index is 0.212. The van der Waals surface area contributed by atoms with Crippen LogP contribution in [0.5, 0.6) is 0 Å². The number of carbonyl (C=O) groups is 2. The number of aliphatic hydroxyl groups is 1. The summed E-state index contributed by atoms with van der Waals surface area (Å²) in [5, 5.41) is 18.8. The number of fused-ring (bicyclic) bond motifs is 4. The van der Waals surface area contributed by atoms with Gasteiger partial charge in [-0.25, -0.2) is 0 Å². The number of carbonyl (C=O) groups excluding carboxylic acids is 2. The van der Waals surface area contributed by atoms with Gasteiger partial charge in [-0.1, -0.05) is 72.8 Å². The molecule has 1 fully saturated rings. The van der Waals surface area contributed by atoms with Gasteiger partial charge in [0.05, 0.1) is 11.3 Å². The molecule has 2 aromatic carbocycles. The van der Waals surface area contributed by atoms with Crippen molar-refractivity contribution < 1.29 is 14.7 Å². The molecule has 1 saturated carbocycles. The fourth-order valence-corrected chi connectivity index (χ4v) is 5.25.